The molecule has 0 aromatic heterocycles. The molecule has 0 aliphatic rings. The fraction of sp³-hybridized carbons (Fsp3) is 0.235. The zero-order valence-corrected chi connectivity index (χ0v) is 17.2. The van der Waals surface area contributed by atoms with Gasteiger partial charge in [0.25, 0.3) is 0 Å². The number of likely N-dealkylation sites (N-methyl/N-ethyl adjacent to an activating group) is 1. The van der Waals surface area contributed by atoms with Crippen LogP contribution in [0.5, 0.6) is 11.5 Å². The van der Waals surface area contributed by atoms with Crippen molar-refractivity contribution in [2.75, 3.05) is 33.1 Å². The van der Waals surface area contributed by atoms with E-state index >= 15 is 0 Å². The number of ether oxygens (including phenoxy) is 2. The van der Waals surface area contributed by atoms with Crippen molar-refractivity contribution in [3.8, 4) is 11.5 Å². The summed E-state index contributed by atoms with van der Waals surface area (Å²) in [5, 5.41) is 3.14. The summed E-state index contributed by atoms with van der Waals surface area (Å²) in [6.07, 6.45) is 0. The van der Waals surface area contributed by atoms with Gasteiger partial charge in [0.15, 0.2) is 0 Å². The Bertz CT molecular complexity index is 950. The Morgan fingerprint density at radius 2 is 1.70 bits per heavy atom. The van der Waals surface area contributed by atoms with E-state index in [2.05, 4.69) is 5.32 Å². The number of anilines is 1. The standard InChI is InChI=1S/C17H18Cl2N2O5S/c1-21(27(23,24)16-8-11(18)4-6-15(16)26-3)10-17(22)20-12-5-7-14(25-2)13(19)9-12/h4-9H,10H2,1-3H3,(H,20,22). The molecule has 0 saturated heterocycles. The number of carbonyl (C=O) groups excluding carboxylic acids is 1. The molecule has 27 heavy (non-hydrogen) atoms. The van der Waals surface area contributed by atoms with E-state index in [1.165, 1.54) is 45.5 Å². The van der Waals surface area contributed by atoms with Crippen LogP contribution in [0, 0.1) is 0 Å². The molecule has 2 aromatic carbocycles. The van der Waals surface area contributed by atoms with Crippen LogP contribution in [0.2, 0.25) is 10.0 Å². The summed E-state index contributed by atoms with van der Waals surface area (Å²) in [4.78, 5) is 12.1. The van der Waals surface area contributed by atoms with E-state index in [1.54, 1.807) is 12.1 Å². The van der Waals surface area contributed by atoms with Gasteiger partial charge in [-0.15, -0.1) is 0 Å². The van der Waals surface area contributed by atoms with Crippen molar-refractivity contribution in [2.24, 2.45) is 0 Å². The van der Waals surface area contributed by atoms with Crippen LogP contribution < -0.4 is 14.8 Å². The van der Waals surface area contributed by atoms with Crippen LogP contribution >= 0.6 is 23.2 Å². The smallest absolute Gasteiger partial charge is 0.247 e. The summed E-state index contributed by atoms with van der Waals surface area (Å²) >= 11 is 11.9. The molecular formula is C17H18Cl2N2O5S. The van der Waals surface area contributed by atoms with Gasteiger partial charge < -0.3 is 14.8 Å². The monoisotopic (exact) mass is 432 g/mol. The lowest BCUT2D eigenvalue weighted by molar-refractivity contribution is -0.116. The highest BCUT2D eigenvalue weighted by Gasteiger charge is 2.27. The van der Waals surface area contributed by atoms with Crippen LogP contribution in [0.3, 0.4) is 0 Å². The Morgan fingerprint density at radius 3 is 2.30 bits per heavy atom. The summed E-state index contributed by atoms with van der Waals surface area (Å²) in [7, 11) is 0.120. The minimum atomic E-state index is -3.99. The van der Waals surface area contributed by atoms with Crippen LogP contribution in [0.15, 0.2) is 41.3 Å². The predicted molar refractivity (Wildman–Crippen MR) is 104 cm³/mol. The van der Waals surface area contributed by atoms with Gasteiger partial charge in [0.1, 0.15) is 16.4 Å². The highest BCUT2D eigenvalue weighted by Crippen LogP contribution is 2.29. The number of rotatable bonds is 7. The SMILES string of the molecule is COc1ccc(NC(=O)CN(C)S(=O)(=O)c2cc(Cl)ccc2OC)cc1Cl. The van der Waals surface area contributed by atoms with Crippen LogP contribution in [0.4, 0.5) is 5.69 Å². The van der Waals surface area contributed by atoms with Crippen LogP contribution in [-0.4, -0.2) is 46.4 Å². The molecule has 146 valence electrons. The van der Waals surface area contributed by atoms with Crippen molar-refractivity contribution in [3.05, 3.63) is 46.4 Å². The minimum Gasteiger partial charge on any atom is -0.495 e. The topological polar surface area (TPSA) is 84.9 Å². The molecule has 0 unspecified atom stereocenters. The molecule has 0 spiro atoms. The van der Waals surface area contributed by atoms with Gasteiger partial charge in [-0.1, -0.05) is 23.2 Å². The number of carbonyl (C=O) groups is 1. The third-order valence-electron chi connectivity index (χ3n) is 3.62. The van der Waals surface area contributed by atoms with E-state index in [0.29, 0.717) is 16.5 Å². The van der Waals surface area contributed by atoms with Gasteiger partial charge in [-0.2, -0.15) is 4.31 Å². The van der Waals surface area contributed by atoms with E-state index in [9.17, 15) is 13.2 Å². The fourth-order valence-corrected chi connectivity index (χ4v) is 4.05. The molecule has 2 rings (SSSR count). The molecule has 7 nitrogen and oxygen atoms in total. The zero-order chi connectivity index (χ0) is 20.2. The minimum absolute atomic E-state index is 0.125. The Labute approximate surface area is 167 Å². The average Bonchev–Trinajstić information content (AvgIpc) is 2.61. The fourth-order valence-electron chi connectivity index (χ4n) is 2.25. The molecular weight excluding hydrogens is 415 g/mol. The highest BCUT2D eigenvalue weighted by molar-refractivity contribution is 7.89. The van der Waals surface area contributed by atoms with Crippen molar-refractivity contribution in [2.45, 2.75) is 4.90 Å². The molecule has 0 aliphatic carbocycles. The maximum atomic E-state index is 12.8. The number of benzene rings is 2. The second kappa shape index (κ2) is 8.79. The lowest BCUT2D eigenvalue weighted by atomic mass is 10.3. The normalized spacial score (nSPS) is 11.3. The molecule has 0 saturated carbocycles. The number of hydrogen-bond donors (Lipinski definition) is 1. The molecule has 10 heteroatoms. The van der Waals surface area contributed by atoms with Crippen molar-refractivity contribution < 1.29 is 22.7 Å². The number of sulfonamides is 1. The predicted octanol–water partition coefficient (Wildman–Crippen LogP) is 3.27. The molecule has 0 atom stereocenters. The highest BCUT2D eigenvalue weighted by atomic mass is 35.5. The molecule has 1 amide bonds. The van der Waals surface area contributed by atoms with E-state index in [1.807, 2.05) is 0 Å². The maximum absolute atomic E-state index is 12.8. The Kier molecular flexibility index (Phi) is 6.94. The number of hydrogen-bond acceptors (Lipinski definition) is 5. The van der Waals surface area contributed by atoms with Crippen LogP contribution in [0.1, 0.15) is 0 Å². The largest absolute Gasteiger partial charge is 0.495 e. The third-order valence-corrected chi connectivity index (χ3v) is 5.97. The first-order valence-corrected chi connectivity index (χ1v) is 9.82. The van der Waals surface area contributed by atoms with Crippen LogP contribution in [-0.2, 0) is 14.8 Å². The van der Waals surface area contributed by atoms with Crippen molar-refractivity contribution >= 4 is 44.8 Å². The number of nitrogens with one attached hydrogen (secondary N) is 1. The van der Waals surface area contributed by atoms with Gasteiger partial charge >= 0.3 is 0 Å². The van der Waals surface area contributed by atoms with Gasteiger partial charge in [0.05, 0.1) is 25.8 Å². The van der Waals surface area contributed by atoms with Crippen molar-refractivity contribution in [3.63, 3.8) is 0 Å². The van der Waals surface area contributed by atoms with Crippen molar-refractivity contribution in [1.29, 1.82) is 0 Å². The Balaban J connectivity index is 2.16. The summed E-state index contributed by atoms with van der Waals surface area (Å²) in [6.45, 7) is -0.415. The zero-order valence-electron chi connectivity index (χ0n) is 14.8. The summed E-state index contributed by atoms with van der Waals surface area (Å²) in [6, 6.07) is 8.93. The number of nitrogens with zero attached hydrogens (tertiary/aromatic N) is 1. The molecule has 2 aromatic rings. The molecule has 0 fully saturated rings. The number of amides is 1. The van der Waals surface area contributed by atoms with Crippen molar-refractivity contribution in [1.82, 2.24) is 4.31 Å². The Morgan fingerprint density at radius 1 is 1.07 bits per heavy atom. The van der Waals surface area contributed by atoms with Gasteiger partial charge in [0, 0.05) is 17.8 Å². The molecule has 0 aliphatic heterocycles. The number of halogens is 2. The molecule has 0 heterocycles. The average molecular weight is 433 g/mol. The van der Waals surface area contributed by atoms with E-state index in [0.717, 1.165) is 4.31 Å². The maximum Gasteiger partial charge on any atom is 0.247 e. The summed E-state index contributed by atoms with van der Waals surface area (Å²) in [5.74, 6) is 0.0549. The third kappa shape index (κ3) is 5.04. The second-order valence-electron chi connectivity index (χ2n) is 5.45. The van der Waals surface area contributed by atoms with Crippen LogP contribution in [0.25, 0.3) is 0 Å². The summed E-state index contributed by atoms with van der Waals surface area (Å²) in [5.41, 5.74) is 0.414. The first-order chi connectivity index (χ1) is 12.7. The van der Waals surface area contributed by atoms with E-state index in [4.69, 9.17) is 32.7 Å². The summed E-state index contributed by atoms with van der Waals surface area (Å²) < 4.78 is 36.5. The van der Waals surface area contributed by atoms with Gasteiger partial charge in [-0.05, 0) is 36.4 Å². The molecule has 0 radical (unpaired) electrons. The number of methoxy groups -OCH3 is 2. The second-order valence-corrected chi connectivity index (χ2v) is 8.31. The first-order valence-electron chi connectivity index (χ1n) is 7.62. The van der Waals surface area contributed by atoms with E-state index in [-0.39, 0.29) is 15.7 Å². The van der Waals surface area contributed by atoms with Gasteiger partial charge in [0.2, 0.25) is 15.9 Å². The Hall–Kier alpha value is -2.00. The quantitative estimate of drug-likeness (QED) is 0.725. The molecule has 0 bridgehead atoms. The lowest BCUT2D eigenvalue weighted by Gasteiger charge is -2.19. The van der Waals surface area contributed by atoms with Gasteiger partial charge in [-0.3, -0.25) is 4.79 Å². The first kappa shape index (κ1) is 21.3. The van der Waals surface area contributed by atoms with Gasteiger partial charge in [-0.25, -0.2) is 8.42 Å². The molecule has 1 N–H and O–H groups in total. The van der Waals surface area contributed by atoms with E-state index < -0.39 is 22.5 Å². The lowest BCUT2D eigenvalue weighted by Crippen LogP contribution is -2.35.